The van der Waals surface area contributed by atoms with Crippen molar-refractivity contribution in [3.05, 3.63) is 230 Å². The Kier molecular flexibility index (Phi) is 8.16. The quantitative estimate of drug-likeness (QED) is 0.162. The number of thiophene rings is 1. The van der Waals surface area contributed by atoms with Gasteiger partial charge in [0.15, 0.2) is 0 Å². The van der Waals surface area contributed by atoms with Gasteiger partial charge < -0.3 is 9.47 Å². The van der Waals surface area contributed by atoms with Crippen LogP contribution < -0.4 is 4.90 Å². The van der Waals surface area contributed by atoms with Crippen LogP contribution in [0.4, 0.5) is 17.1 Å². The summed E-state index contributed by atoms with van der Waals surface area (Å²) in [5, 5.41) is 7.72. The predicted octanol–water partition coefficient (Wildman–Crippen LogP) is 17.4. The van der Waals surface area contributed by atoms with E-state index >= 15 is 0 Å². The Labute approximate surface area is 376 Å². The molecular formula is C61H42N2S. The number of nitrogens with zero attached hydrogens (tertiary/aromatic N) is 2. The lowest BCUT2D eigenvalue weighted by Gasteiger charge is -2.26. The minimum Gasteiger partial charge on any atom is -0.310 e. The Balaban J connectivity index is 0.967. The van der Waals surface area contributed by atoms with Gasteiger partial charge in [0.1, 0.15) is 0 Å². The van der Waals surface area contributed by atoms with E-state index in [1.54, 1.807) is 0 Å². The van der Waals surface area contributed by atoms with E-state index in [-0.39, 0.29) is 5.41 Å². The summed E-state index contributed by atoms with van der Waals surface area (Å²) < 4.78 is 5.08. The molecule has 2 nitrogen and oxygen atoms in total. The van der Waals surface area contributed by atoms with E-state index in [4.69, 9.17) is 0 Å². The van der Waals surface area contributed by atoms with Crippen molar-refractivity contribution in [2.75, 3.05) is 4.90 Å². The van der Waals surface area contributed by atoms with Crippen molar-refractivity contribution >= 4 is 81.1 Å². The largest absolute Gasteiger partial charge is 0.310 e. The fourth-order valence-electron chi connectivity index (χ4n) is 10.7. The molecule has 0 radical (unpaired) electrons. The minimum absolute atomic E-state index is 0.0530. The van der Waals surface area contributed by atoms with Crippen LogP contribution in [0.25, 0.3) is 91.8 Å². The molecule has 0 unspecified atom stereocenters. The van der Waals surface area contributed by atoms with E-state index in [2.05, 4.69) is 242 Å². The summed E-state index contributed by atoms with van der Waals surface area (Å²) in [4.78, 5) is 2.42. The van der Waals surface area contributed by atoms with E-state index < -0.39 is 0 Å². The molecule has 3 heteroatoms. The number of benzene rings is 10. The third kappa shape index (κ3) is 5.51. The van der Waals surface area contributed by atoms with Gasteiger partial charge in [-0.1, -0.05) is 178 Å². The highest BCUT2D eigenvalue weighted by Crippen LogP contribution is 2.52. The first kappa shape index (κ1) is 36.9. The van der Waals surface area contributed by atoms with E-state index in [0.717, 1.165) is 22.7 Å². The maximum atomic E-state index is 2.42. The molecule has 0 atom stereocenters. The molecule has 64 heavy (non-hydrogen) atoms. The van der Waals surface area contributed by atoms with Crippen molar-refractivity contribution in [1.29, 1.82) is 0 Å². The van der Waals surface area contributed by atoms with Crippen molar-refractivity contribution in [2.24, 2.45) is 0 Å². The monoisotopic (exact) mass is 834 g/mol. The average Bonchev–Trinajstić information content (AvgIpc) is 3.98. The summed E-state index contributed by atoms with van der Waals surface area (Å²) in [6, 6.07) is 80.7. The first-order valence-corrected chi connectivity index (χ1v) is 23.0. The second-order valence-corrected chi connectivity index (χ2v) is 18.7. The summed E-state index contributed by atoms with van der Waals surface area (Å²) >= 11 is 1.91. The van der Waals surface area contributed by atoms with E-state index in [9.17, 15) is 0 Å². The van der Waals surface area contributed by atoms with Crippen LogP contribution in [0.1, 0.15) is 25.0 Å². The lowest BCUT2D eigenvalue weighted by molar-refractivity contribution is 0.660. The van der Waals surface area contributed by atoms with Crippen LogP contribution in [0.2, 0.25) is 0 Å². The lowest BCUT2D eigenvalue weighted by atomic mass is 9.82. The summed E-state index contributed by atoms with van der Waals surface area (Å²) in [6.45, 7) is 4.71. The van der Waals surface area contributed by atoms with Gasteiger partial charge in [0, 0.05) is 59.1 Å². The van der Waals surface area contributed by atoms with Gasteiger partial charge >= 0.3 is 0 Å². The third-order valence-corrected chi connectivity index (χ3v) is 15.1. The van der Waals surface area contributed by atoms with Crippen molar-refractivity contribution < 1.29 is 0 Å². The molecule has 1 aliphatic carbocycles. The predicted molar refractivity (Wildman–Crippen MR) is 274 cm³/mol. The fourth-order valence-corrected chi connectivity index (χ4v) is 12.1. The van der Waals surface area contributed by atoms with Crippen molar-refractivity contribution in [3.63, 3.8) is 0 Å². The standard InChI is InChI=1S/C61H42N2S/c1-61(2)54-23-10-8-19-53(54)58-46(20-13-24-55(58)61)40-26-31-43(32-27-40)62(45-35-37-50-49-18-9-11-25-56(49)63(57(50)38-45)42-15-4-3-5-16-42)44-33-28-41(29-34-44)48-21-12-22-51-52-36-30-39-14-6-7-17-47(39)60(52)64-59(48)51/h3-38H,1-2H3. The van der Waals surface area contributed by atoms with E-state index in [1.807, 2.05) is 11.3 Å². The second-order valence-electron chi connectivity index (χ2n) is 17.7. The van der Waals surface area contributed by atoms with E-state index in [0.29, 0.717) is 0 Å². The normalized spacial score (nSPS) is 13.0. The maximum absolute atomic E-state index is 2.42. The Morgan fingerprint density at radius 3 is 1.77 bits per heavy atom. The summed E-state index contributed by atoms with van der Waals surface area (Å²) in [5.74, 6) is 0. The molecule has 0 saturated carbocycles. The van der Waals surface area contributed by atoms with Gasteiger partial charge in [0.25, 0.3) is 0 Å². The van der Waals surface area contributed by atoms with E-state index in [1.165, 1.54) is 97.3 Å². The molecular weight excluding hydrogens is 793 g/mol. The van der Waals surface area contributed by atoms with Gasteiger partial charge in [0.2, 0.25) is 0 Å². The number of rotatable bonds is 6. The van der Waals surface area contributed by atoms with Gasteiger partial charge in [-0.25, -0.2) is 0 Å². The van der Waals surface area contributed by atoms with Crippen LogP contribution in [0.15, 0.2) is 218 Å². The molecule has 0 aliphatic heterocycles. The third-order valence-electron chi connectivity index (χ3n) is 13.8. The minimum atomic E-state index is -0.0530. The van der Waals surface area contributed by atoms with Crippen molar-refractivity contribution in [2.45, 2.75) is 19.3 Å². The molecule has 10 aromatic carbocycles. The van der Waals surface area contributed by atoms with Gasteiger partial charge in [-0.05, 0) is 110 Å². The summed E-state index contributed by atoms with van der Waals surface area (Å²) in [7, 11) is 0. The Morgan fingerprint density at radius 1 is 0.391 bits per heavy atom. The fraction of sp³-hybridized carbons (Fsp3) is 0.0492. The van der Waals surface area contributed by atoms with Gasteiger partial charge in [-0.15, -0.1) is 11.3 Å². The van der Waals surface area contributed by atoms with Crippen LogP contribution in [0, 0.1) is 0 Å². The molecule has 0 spiro atoms. The molecule has 0 bridgehead atoms. The summed E-state index contributed by atoms with van der Waals surface area (Å²) in [5.41, 5.74) is 17.2. The molecule has 0 N–H and O–H groups in total. The van der Waals surface area contributed by atoms with Crippen LogP contribution in [0.5, 0.6) is 0 Å². The van der Waals surface area contributed by atoms with Crippen LogP contribution in [-0.4, -0.2) is 4.57 Å². The van der Waals surface area contributed by atoms with Gasteiger partial charge in [-0.3, -0.25) is 0 Å². The molecule has 12 aromatic rings. The highest BCUT2D eigenvalue weighted by atomic mass is 32.1. The summed E-state index contributed by atoms with van der Waals surface area (Å²) in [6.07, 6.45) is 0. The molecule has 1 aliphatic rings. The molecule has 2 aromatic heterocycles. The SMILES string of the molecule is CC1(C)c2ccccc2-c2c(-c3ccc(N(c4ccc(-c5cccc6c5sc5c7ccccc7ccc65)cc4)c4ccc5c6ccccc6n(-c6ccccc6)c5c4)cc3)cccc21. The van der Waals surface area contributed by atoms with Crippen molar-refractivity contribution in [1.82, 2.24) is 4.57 Å². The zero-order valence-electron chi connectivity index (χ0n) is 35.6. The Hall–Kier alpha value is -7.72. The second kappa shape index (κ2) is 14.2. The van der Waals surface area contributed by atoms with Gasteiger partial charge in [-0.2, -0.15) is 0 Å². The molecule has 302 valence electrons. The molecule has 0 amide bonds. The van der Waals surface area contributed by atoms with Crippen molar-refractivity contribution in [3.8, 4) is 39.1 Å². The number of hydrogen-bond donors (Lipinski definition) is 0. The molecule has 2 heterocycles. The zero-order chi connectivity index (χ0) is 42.5. The number of hydrogen-bond acceptors (Lipinski definition) is 2. The molecule has 0 fully saturated rings. The van der Waals surface area contributed by atoms with Crippen LogP contribution >= 0.6 is 11.3 Å². The van der Waals surface area contributed by atoms with Crippen LogP contribution in [-0.2, 0) is 5.41 Å². The smallest absolute Gasteiger partial charge is 0.0561 e. The number of aromatic nitrogens is 1. The highest BCUT2D eigenvalue weighted by molar-refractivity contribution is 7.27. The topological polar surface area (TPSA) is 8.17 Å². The first-order chi connectivity index (χ1) is 31.5. The average molecular weight is 835 g/mol. The highest BCUT2D eigenvalue weighted by Gasteiger charge is 2.36. The zero-order valence-corrected chi connectivity index (χ0v) is 36.4. The number of para-hydroxylation sites is 2. The first-order valence-electron chi connectivity index (χ1n) is 22.2. The van der Waals surface area contributed by atoms with Crippen LogP contribution in [0.3, 0.4) is 0 Å². The number of anilines is 3. The Morgan fingerprint density at radius 2 is 0.953 bits per heavy atom. The van der Waals surface area contributed by atoms with Gasteiger partial charge in [0.05, 0.1) is 11.0 Å². The number of fused-ring (bicyclic) bond motifs is 11. The lowest BCUT2D eigenvalue weighted by Crippen LogP contribution is -2.14. The molecule has 0 saturated heterocycles. The molecule has 13 rings (SSSR count). The maximum Gasteiger partial charge on any atom is 0.0561 e. The Bertz CT molecular complexity index is 3800.